The van der Waals surface area contributed by atoms with Crippen molar-refractivity contribution in [2.75, 3.05) is 0 Å². The summed E-state index contributed by atoms with van der Waals surface area (Å²) >= 11 is 3.76. The Kier molecular flexibility index (Phi) is 2.54. The van der Waals surface area contributed by atoms with Crippen LogP contribution in [0.2, 0.25) is 0 Å². The molecule has 0 bridgehead atoms. The molecule has 3 nitrogen and oxygen atoms in total. The summed E-state index contributed by atoms with van der Waals surface area (Å²) in [6.45, 7) is 2.02. The Morgan fingerprint density at radius 3 is 2.85 bits per heavy atom. The largest absolute Gasteiger partial charge is 0.264 e. The van der Waals surface area contributed by atoms with E-state index in [4.69, 9.17) is 0 Å². The van der Waals surface area contributed by atoms with Crippen molar-refractivity contribution in [1.29, 1.82) is 0 Å². The Labute approximate surface area is 93.4 Å². The molecular weight excluding hydrogens is 297 g/mol. The van der Waals surface area contributed by atoms with Gasteiger partial charge in [-0.25, -0.2) is 0 Å². The third-order valence-corrected chi connectivity index (χ3v) is 3.27. The van der Waals surface area contributed by atoms with E-state index in [1.807, 2.05) is 19.2 Å². The molecule has 0 N–H and O–H groups in total. The van der Waals surface area contributed by atoms with E-state index in [9.17, 15) is 0 Å². The van der Waals surface area contributed by atoms with E-state index in [0.29, 0.717) is 0 Å². The van der Waals surface area contributed by atoms with E-state index in [1.165, 1.54) is 0 Å². The lowest BCUT2D eigenvalue weighted by molar-refractivity contribution is 1.07. The van der Waals surface area contributed by atoms with E-state index in [2.05, 4.69) is 37.8 Å². The first-order chi connectivity index (χ1) is 6.27. The van der Waals surface area contributed by atoms with Gasteiger partial charge in [-0.15, -0.1) is 10.2 Å². The molecule has 0 atom stereocenters. The number of hydrogen-bond acceptors (Lipinski definition) is 4. The summed E-state index contributed by atoms with van der Waals surface area (Å²) in [5.41, 5.74) is 2.26. The zero-order chi connectivity index (χ0) is 9.26. The van der Waals surface area contributed by atoms with Crippen LogP contribution in [-0.2, 0) is 0 Å². The first-order valence-corrected chi connectivity index (χ1v) is 5.57. The van der Waals surface area contributed by atoms with Crippen molar-refractivity contribution in [3.63, 3.8) is 0 Å². The van der Waals surface area contributed by atoms with Crippen molar-refractivity contribution in [1.82, 2.24) is 15.2 Å². The van der Waals surface area contributed by atoms with Gasteiger partial charge in [-0.1, -0.05) is 11.3 Å². The van der Waals surface area contributed by atoms with Gasteiger partial charge in [-0.2, -0.15) is 0 Å². The van der Waals surface area contributed by atoms with Crippen LogP contribution in [0, 0.1) is 9.94 Å². The van der Waals surface area contributed by atoms with Crippen LogP contribution >= 0.6 is 33.9 Å². The van der Waals surface area contributed by atoms with Crippen LogP contribution < -0.4 is 0 Å². The maximum atomic E-state index is 4.08. The quantitative estimate of drug-likeness (QED) is 0.760. The number of aromatic nitrogens is 3. The molecule has 0 aliphatic heterocycles. The van der Waals surface area contributed by atoms with Crippen molar-refractivity contribution < 1.29 is 0 Å². The SMILES string of the molecule is Cc1cnccc1-c1nnc(I)s1. The number of hydrogen-bond donors (Lipinski definition) is 0. The average molecular weight is 303 g/mol. The maximum absolute atomic E-state index is 4.08. The van der Waals surface area contributed by atoms with Gasteiger partial charge in [0.1, 0.15) is 5.01 Å². The maximum Gasteiger partial charge on any atom is 0.178 e. The lowest BCUT2D eigenvalue weighted by Gasteiger charge is -1.97. The van der Waals surface area contributed by atoms with Gasteiger partial charge in [0.2, 0.25) is 0 Å². The van der Waals surface area contributed by atoms with Gasteiger partial charge in [-0.05, 0) is 41.1 Å². The second-order valence-corrected chi connectivity index (χ2v) is 5.28. The fourth-order valence-corrected chi connectivity index (χ4v) is 2.42. The molecule has 2 aromatic rings. The second kappa shape index (κ2) is 3.67. The summed E-state index contributed by atoms with van der Waals surface area (Å²) in [5, 5.41) is 9.01. The van der Waals surface area contributed by atoms with E-state index >= 15 is 0 Å². The molecule has 0 aliphatic carbocycles. The van der Waals surface area contributed by atoms with Crippen LogP contribution in [0.25, 0.3) is 10.6 Å². The molecule has 0 aliphatic rings. The molecule has 0 radical (unpaired) electrons. The summed E-state index contributed by atoms with van der Waals surface area (Å²) in [7, 11) is 0. The third-order valence-electron chi connectivity index (χ3n) is 1.65. The van der Waals surface area contributed by atoms with E-state index in [1.54, 1.807) is 17.5 Å². The van der Waals surface area contributed by atoms with Crippen molar-refractivity contribution >= 4 is 33.9 Å². The number of nitrogens with zero attached hydrogens (tertiary/aromatic N) is 3. The van der Waals surface area contributed by atoms with Gasteiger partial charge in [-0.3, -0.25) is 4.98 Å². The van der Waals surface area contributed by atoms with Gasteiger partial charge in [0, 0.05) is 18.0 Å². The van der Waals surface area contributed by atoms with Crippen molar-refractivity contribution in [3.8, 4) is 10.6 Å². The topological polar surface area (TPSA) is 38.7 Å². The van der Waals surface area contributed by atoms with Gasteiger partial charge in [0.05, 0.1) is 0 Å². The van der Waals surface area contributed by atoms with Crippen LogP contribution in [0.3, 0.4) is 0 Å². The highest BCUT2D eigenvalue weighted by molar-refractivity contribution is 14.1. The highest BCUT2D eigenvalue weighted by Gasteiger charge is 2.06. The zero-order valence-corrected chi connectivity index (χ0v) is 9.83. The summed E-state index contributed by atoms with van der Waals surface area (Å²) in [6, 6.07) is 1.96. The van der Waals surface area contributed by atoms with Crippen molar-refractivity contribution in [3.05, 3.63) is 27.0 Å². The van der Waals surface area contributed by atoms with Crippen molar-refractivity contribution in [2.24, 2.45) is 0 Å². The van der Waals surface area contributed by atoms with Gasteiger partial charge >= 0.3 is 0 Å². The Morgan fingerprint density at radius 2 is 2.23 bits per heavy atom. The highest BCUT2D eigenvalue weighted by atomic mass is 127. The molecule has 0 spiro atoms. The van der Waals surface area contributed by atoms with E-state index in [0.717, 1.165) is 19.1 Å². The smallest absolute Gasteiger partial charge is 0.178 e. The predicted octanol–water partition coefficient (Wildman–Crippen LogP) is 2.51. The van der Waals surface area contributed by atoms with Crippen molar-refractivity contribution in [2.45, 2.75) is 6.92 Å². The van der Waals surface area contributed by atoms with Crippen LogP contribution in [0.1, 0.15) is 5.56 Å². The van der Waals surface area contributed by atoms with Crippen LogP contribution in [0.5, 0.6) is 0 Å². The molecule has 0 aromatic carbocycles. The number of rotatable bonds is 1. The number of aryl methyl sites for hydroxylation is 1. The summed E-state index contributed by atoms with van der Waals surface area (Å²) in [6.07, 6.45) is 3.61. The fourth-order valence-electron chi connectivity index (χ4n) is 1.03. The summed E-state index contributed by atoms with van der Waals surface area (Å²) in [5.74, 6) is 0. The van der Waals surface area contributed by atoms with Gasteiger partial charge < -0.3 is 0 Å². The van der Waals surface area contributed by atoms with Gasteiger partial charge in [0.15, 0.2) is 3.01 Å². The normalized spacial score (nSPS) is 10.3. The lowest BCUT2D eigenvalue weighted by atomic mass is 10.2. The molecule has 13 heavy (non-hydrogen) atoms. The first-order valence-electron chi connectivity index (χ1n) is 3.67. The molecule has 5 heteroatoms. The standard InChI is InChI=1S/C8H6IN3S/c1-5-4-10-3-2-6(5)7-11-12-8(9)13-7/h2-4H,1H3. The molecule has 0 fully saturated rings. The first kappa shape index (κ1) is 9.01. The van der Waals surface area contributed by atoms with Crippen LogP contribution in [0.15, 0.2) is 18.5 Å². The molecule has 0 saturated heterocycles. The van der Waals surface area contributed by atoms with E-state index in [-0.39, 0.29) is 0 Å². The minimum Gasteiger partial charge on any atom is -0.264 e. The summed E-state index contributed by atoms with van der Waals surface area (Å²) < 4.78 is 0.962. The molecule has 0 saturated carbocycles. The Hall–Kier alpha value is -0.560. The molecule has 0 unspecified atom stereocenters. The minimum atomic E-state index is 0.962. The predicted molar refractivity (Wildman–Crippen MR) is 60.6 cm³/mol. The van der Waals surface area contributed by atoms with Gasteiger partial charge in [0.25, 0.3) is 0 Å². The fraction of sp³-hybridized carbons (Fsp3) is 0.125. The number of pyridine rings is 1. The molecule has 2 aromatic heterocycles. The summed E-state index contributed by atoms with van der Waals surface area (Å²) in [4.78, 5) is 4.03. The molecule has 66 valence electrons. The second-order valence-electron chi connectivity index (χ2n) is 2.55. The van der Waals surface area contributed by atoms with Crippen LogP contribution in [-0.4, -0.2) is 15.2 Å². The minimum absolute atomic E-state index is 0.962. The Morgan fingerprint density at radius 1 is 1.38 bits per heavy atom. The Bertz CT molecular complexity index is 427. The Balaban J connectivity index is 2.52. The van der Waals surface area contributed by atoms with E-state index < -0.39 is 0 Å². The molecule has 2 heterocycles. The average Bonchev–Trinajstić information content (AvgIpc) is 2.53. The zero-order valence-electron chi connectivity index (χ0n) is 6.86. The number of halogens is 1. The monoisotopic (exact) mass is 303 g/mol. The highest BCUT2D eigenvalue weighted by Crippen LogP contribution is 2.25. The lowest BCUT2D eigenvalue weighted by Crippen LogP contribution is -1.83. The van der Waals surface area contributed by atoms with Crippen LogP contribution in [0.4, 0.5) is 0 Å². The third kappa shape index (κ3) is 1.86. The molecule has 2 rings (SSSR count). The molecular formula is C8H6IN3S. The molecule has 0 amide bonds.